The number of anilines is 1. The van der Waals surface area contributed by atoms with Gasteiger partial charge in [0.15, 0.2) is 12.4 Å². The second-order valence-corrected chi connectivity index (χ2v) is 6.80. The lowest BCUT2D eigenvalue weighted by Crippen LogP contribution is -2.57. The maximum absolute atomic E-state index is 12.8. The van der Waals surface area contributed by atoms with Crippen molar-refractivity contribution in [2.45, 2.75) is 18.9 Å². The number of nitrogens with one attached hydrogen (secondary N) is 1. The van der Waals surface area contributed by atoms with Crippen LogP contribution in [0.4, 0.5) is 5.69 Å². The number of rotatable bonds is 2. The number of hydrogen-bond acceptors (Lipinski definition) is 5. The molecule has 1 atom stereocenters. The number of phenolic OH excluding ortho intramolecular Hbond substituents is 1. The number of ether oxygens (including phenoxy) is 1. The summed E-state index contributed by atoms with van der Waals surface area (Å²) < 4.78 is 5.49. The van der Waals surface area contributed by atoms with E-state index in [9.17, 15) is 14.7 Å². The molecule has 128 valence electrons. The van der Waals surface area contributed by atoms with E-state index in [1.807, 2.05) is 0 Å². The quantitative estimate of drug-likeness (QED) is 0.828. The van der Waals surface area contributed by atoms with E-state index < -0.39 is 0 Å². The number of likely N-dealkylation sites (N-methyl/N-ethyl adjacent to an activating group) is 1. The summed E-state index contributed by atoms with van der Waals surface area (Å²) in [6.07, 6.45) is 2.22. The van der Waals surface area contributed by atoms with Crippen LogP contribution in [0.1, 0.15) is 23.2 Å². The van der Waals surface area contributed by atoms with E-state index in [1.165, 1.54) is 17.0 Å². The van der Waals surface area contributed by atoms with E-state index in [4.69, 9.17) is 4.74 Å². The largest absolute Gasteiger partial charge is 0.508 e. The molecule has 7 heteroatoms. The fourth-order valence-corrected chi connectivity index (χ4v) is 3.91. The molecular formula is C17H21N3O4. The topological polar surface area (TPSA) is 82.1 Å². The zero-order valence-corrected chi connectivity index (χ0v) is 13.6. The summed E-state index contributed by atoms with van der Waals surface area (Å²) in [6, 6.07) is 2.97. The average molecular weight is 331 g/mol. The van der Waals surface area contributed by atoms with E-state index in [0.29, 0.717) is 17.4 Å². The number of benzene rings is 1. The second-order valence-electron chi connectivity index (χ2n) is 6.80. The first-order valence-corrected chi connectivity index (χ1v) is 8.32. The lowest BCUT2D eigenvalue weighted by molar-refractivity contribution is -0.121. The summed E-state index contributed by atoms with van der Waals surface area (Å²) in [6.45, 7) is 2.98. The monoisotopic (exact) mass is 331 g/mol. The van der Waals surface area contributed by atoms with Crippen LogP contribution in [-0.4, -0.2) is 61.2 Å². The first-order chi connectivity index (χ1) is 11.5. The number of hydrogen-bond donors (Lipinski definition) is 2. The fraction of sp³-hybridized carbons (Fsp3) is 0.529. The lowest BCUT2D eigenvalue weighted by Gasteiger charge is -2.45. The Hall–Kier alpha value is -2.28. The summed E-state index contributed by atoms with van der Waals surface area (Å²) in [4.78, 5) is 28.3. The van der Waals surface area contributed by atoms with Crippen LogP contribution >= 0.6 is 0 Å². The van der Waals surface area contributed by atoms with Crippen LogP contribution in [-0.2, 0) is 4.79 Å². The van der Waals surface area contributed by atoms with Crippen LogP contribution in [0.5, 0.6) is 11.5 Å². The first-order valence-electron chi connectivity index (χ1n) is 8.32. The zero-order valence-electron chi connectivity index (χ0n) is 13.6. The molecule has 1 unspecified atom stereocenters. The maximum Gasteiger partial charge on any atom is 0.264 e. The van der Waals surface area contributed by atoms with Gasteiger partial charge in [-0.25, -0.2) is 0 Å². The molecule has 2 amide bonds. The Balaban J connectivity index is 1.61. The molecule has 0 saturated carbocycles. The molecule has 1 aromatic carbocycles. The van der Waals surface area contributed by atoms with Gasteiger partial charge in [-0.3, -0.25) is 9.59 Å². The van der Waals surface area contributed by atoms with Gasteiger partial charge in [0.05, 0.1) is 11.3 Å². The fourth-order valence-electron chi connectivity index (χ4n) is 3.91. The Bertz CT molecular complexity index is 697. The van der Waals surface area contributed by atoms with Crippen molar-refractivity contribution in [1.29, 1.82) is 0 Å². The standard InChI is InChI=1S/C17H21N3O4/c1-19-14-7-11(21)6-12(16(14)24-9-15(19)22)17(23)18-13-8-20-4-2-10(13)3-5-20/h6-7,10,13,21H,2-5,8-9H2,1H3,(H,18,23). The number of carbonyl (C=O) groups is 2. The molecule has 7 nitrogen and oxygen atoms in total. The van der Waals surface area contributed by atoms with Gasteiger partial charge in [0.25, 0.3) is 11.8 Å². The van der Waals surface area contributed by atoms with Gasteiger partial charge in [0.1, 0.15) is 5.75 Å². The van der Waals surface area contributed by atoms with Crippen molar-refractivity contribution in [1.82, 2.24) is 10.2 Å². The van der Waals surface area contributed by atoms with Crippen LogP contribution in [0.25, 0.3) is 0 Å². The average Bonchev–Trinajstić information content (AvgIpc) is 2.59. The number of fused-ring (bicyclic) bond motifs is 4. The minimum atomic E-state index is -0.261. The number of phenols is 1. The highest BCUT2D eigenvalue weighted by atomic mass is 16.5. The predicted molar refractivity (Wildman–Crippen MR) is 87.4 cm³/mol. The minimum absolute atomic E-state index is 0.0574. The Morgan fingerprint density at radius 2 is 2.08 bits per heavy atom. The third-order valence-corrected chi connectivity index (χ3v) is 5.35. The van der Waals surface area contributed by atoms with E-state index in [-0.39, 0.29) is 35.8 Å². The molecule has 24 heavy (non-hydrogen) atoms. The lowest BCUT2D eigenvalue weighted by atomic mass is 9.84. The molecule has 2 bridgehead atoms. The van der Waals surface area contributed by atoms with Gasteiger partial charge in [-0.05, 0) is 37.9 Å². The third kappa shape index (κ3) is 2.49. The molecular weight excluding hydrogens is 310 g/mol. The van der Waals surface area contributed by atoms with Crippen molar-refractivity contribution in [3.63, 3.8) is 0 Å². The second kappa shape index (κ2) is 5.66. The molecule has 1 aromatic rings. The molecule has 0 aliphatic carbocycles. The Morgan fingerprint density at radius 1 is 1.33 bits per heavy atom. The van der Waals surface area contributed by atoms with Crippen molar-refractivity contribution in [3.8, 4) is 11.5 Å². The Labute approximate surface area is 140 Å². The molecule has 3 saturated heterocycles. The zero-order chi connectivity index (χ0) is 16.8. The van der Waals surface area contributed by atoms with E-state index in [2.05, 4.69) is 10.2 Å². The summed E-state index contributed by atoms with van der Waals surface area (Å²) >= 11 is 0. The Morgan fingerprint density at radius 3 is 2.75 bits per heavy atom. The normalized spacial score (nSPS) is 28.3. The van der Waals surface area contributed by atoms with Crippen LogP contribution in [0, 0.1) is 5.92 Å². The molecule has 0 spiro atoms. The molecule has 0 aromatic heterocycles. The number of amides is 2. The predicted octanol–water partition coefficient (Wildman–Crippen LogP) is 0.571. The molecule has 4 aliphatic heterocycles. The third-order valence-electron chi connectivity index (χ3n) is 5.35. The highest BCUT2D eigenvalue weighted by Crippen LogP contribution is 2.38. The van der Waals surface area contributed by atoms with Crippen LogP contribution < -0.4 is 15.0 Å². The van der Waals surface area contributed by atoms with Crippen LogP contribution in [0.3, 0.4) is 0 Å². The number of piperidine rings is 3. The van der Waals surface area contributed by atoms with Crippen molar-refractivity contribution < 1.29 is 19.4 Å². The van der Waals surface area contributed by atoms with E-state index in [1.54, 1.807) is 7.05 Å². The van der Waals surface area contributed by atoms with Gasteiger partial charge in [0, 0.05) is 25.7 Å². The Kier molecular flexibility index (Phi) is 3.60. The highest BCUT2D eigenvalue weighted by Gasteiger charge is 2.36. The summed E-state index contributed by atoms with van der Waals surface area (Å²) in [7, 11) is 1.61. The summed E-state index contributed by atoms with van der Waals surface area (Å²) in [5.41, 5.74) is 0.700. The maximum atomic E-state index is 12.8. The van der Waals surface area contributed by atoms with Gasteiger partial charge in [-0.15, -0.1) is 0 Å². The van der Waals surface area contributed by atoms with Gasteiger partial charge in [-0.1, -0.05) is 0 Å². The smallest absolute Gasteiger partial charge is 0.264 e. The molecule has 5 rings (SSSR count). The molecule has 3 fully saturated rings. The van der Waals surface area contributed by atoms with Crippen molar-refractivity contribution in [3.05, 3.63) is 17.7 Å². The van der Waals surface area contributed by atoms with Gasteiger partial charge in [-0.2, -0.15) is 0 Å². The number of aromatic hydroxyl groups is 1. The number of nitrogens with zero attached hydrogens (tertiary/aromatic N) is 2. The number of carbonyl (C=O) groups excluding carboxylic acids is 2. The molecule has 0 radical (unpaired) electrons. The van der Waals surface area contributed by atoms with E-state index in [0.717, 1.165) is 32.5 Å². The van der Waals surface area contributed by atoms with E-state index >= 15 is 0 Å². The van der Waals surface area contributed by atoms with Crippen LogP contribution in [0.15, 0.2) is 12.1 Å². The molecule has 4 aliphatic rings. The van der Waals surface area contributed by atoms with Gasteiger partial charge in [0.2, 0.25) is 0 Å². The summed E-state index contributed by atoms with van der Waals surface area (Å²) in [5, 5.41) is 13.0. The van der Waals surface area contributed by atoms with Crippen molar-refractivity contribution in [2.24, 2.45) is 5.92 Å². The van der Waals surface area contributed by atoms with Crippen molar-refractivity contribution >= 4 is 17.5 Å². The molecule has 2 N–H and O–H groups in total. The summed E-state index contributed by atoms with van der Waals surface area (Å²) in [5.74, 6) is 0.337. The van der Waals surface area contributed by atoms with Gasteiger partial charge >= 0.3 is 0 Å². The van der Waals surface area contributed by atoms with Crippen molar-refractivity contribution in [2.75, 3.05) is 38.2 Å². The first kappa shape index (κ1) is 15.3. The SMILES string of the molecule is CN1C(=O)COc2c(C(=O)NC3CN4CCC3CC4)cc(O)cc21. The van der Waals surface area contributed by atoms with Gasteiger partial charge < -0.3 is 25.0 Å². The highest BCUT2D eigenvalue weighted by molar-refractivity contribution is 6.04. The van der Waals surface area contributed by atoms with Crippen LogP contribution in [0.2, 0.25) is 0 Å². The minimum Gasteiger partial charge on any atom is -0.508 e. The molecule has 4 heterocycles.